The van der Waals surface area contributed by atoms with E-state index in [1.807, 2.05) is 19.9 Å². The van der Waals surface area contributed by atoms with Gasteiger partial charge in [-0.2, -0.15) is 0 Å². The fourth-order valence-electron chi connectivity index (χ4n) is 2.70. The molecular weight excluding hydrogens is 321 g/mol. The average molecular weight is 341 g/mol. The molecule has 2 heterocycles. The minimum Gasteiger partial charge on any atom is -0.352 e. The molecule has 130 valence electrons. The van der Waals surface area contributed by atoms with Crippen molar-refractivity contribution in [3.63, 3.8) is 0 Å². The van der Waals surface area contributed by atoms with Gasteiger partial charge in [0.05, 0.1) is 16.6 Å². The summed E-state index contributed by atoms with van der Waals surface area (Å²) in [6.45, 7) is 6.20. The molecule has 1 N–H and O–H groups in total. The Morgan fingerprint density at radius 3 is 2.84 bits per heavy atom. The van der Waals surface area contributed by atoms with Crippen molar-refractivity contribution in [3.8, 4) is 0 Å². The summed E-state index contributed by atoms with van der Waals surface area (Å²) in [7, 11) is 0. The summed E-state index contributed by atoms with van der Waals surface area (Å²) in [6.07, 6.45) is 0.553. The van der Waals surface area contributed by atoms with Gasteiger partial charge in [0.1, 0.15) is 5.82 Å². The smallest absolute Gasteiger partial charge is 0.259 e. The second-order valence-electron chi connectivity index (χ2n) is 6.33. The van der Waals surface area contributed by atoms with E-state index in [9.17, 15) is 9.18 Å². The van der Waals surface area contributed by atoms with Gasteiger partial charge < -0.3 is 9.84 Å². The van der Waals surface area contributed by atoms with Crippen LogP contribution in [-0.4, -0.2) is 22.6 Å². The second kappa shape index (κ2) is 7.01. The summed E-state index contributed by atoms with van der Waals surface area (Å²) in [4.78, 5) is 17.1. The molecule has 0 aliphatic rings. The van der Waals surface area contributed by atoms with Crippen molar-refractivity contribution in [2.45, 2.75) is 33.1 Å². The Labute approximate surface area is 145 Å². The molecule has 0 saturated carbocycles. The van der Waals surface area contributed by atoms with Crippen LogP contribution in [0.25, 0.3) is 11.1 Å². The highest BCUT2D eigenvalue weighted by atomic mass is 19.1. The van der Waals surface area contributed by atoms with Crippen LogP contribution in [0.3, 0.4) is 0 Å². The molecule has 0 radical (unpaired) electrons. The number of aryl methyl sites for hydroxylation is 1. The van der Waals surface area contributed by atoms with Crippen LogP contribution < -0.4 is 5.32 Å². The third kappa shape index (κ3) is 3.68. The van der Waals surface area contributed by atoms with Crippen molar-refractivity contribution in [1.82, 2.24) is 15.5 Å². The third-order valence-corrected chi connectivity index (χ3v) is 4.06. The van der Waals surface area contributed by atoms with E-state index in [1.54, 1.807) is 19.1 Å². The molecular formula is C19H20FN3O2. The predicted molar refractivity (Wildman–Crippen MR) is 93.1 cm³/mol. The number of carbonyl (C=O) groups excluding carboxylic acids is 1. The number of aromatic nitrogens is 2. The molecule has 0 spiro atoms. The molecule has 0 aliphatic carbocycles. The van der Waals surface area contributed by atoms with Crippen molar-refractivity contribution in [2.75, 3.05) is 6.54 Å². The maximum absolute atomic E-state index is 13.2. The number of pyridine rings is 1. The molecule has 0 saturated heterocycles. The van der Waals surface area contributed by atoms with E-state index in [0.717, 1.165) is 11.3 Å². The van der Waals surface area contributed by atoms with Gasteiger partial charge >= 0.3 is 0 Å². The lowest BCUT2D eigenvalue weighted by Crippen LogP contribution is -2.26. The molecule has 2 aromatic heterocycles. The summed E-state index contributed by atoms with van der Waals surface area (Å²) in [5.41, 5.74) is 3.13. The third-order valence-electron chi connectivity index (χ3n) is 4.06. The van der Waals surface area contributed by atoms with Crippen LogP contribution in [0.4, 0.5) is 4.39 Å². The number of amides is 1. The van der Waals surface area contributed by atoms with Crippen LogP contribution in [-0.2, 0) is 6.42 Å². The number of nitrogens with one attached hydrogen (secondary N) is 1. The van der Waals surface area contributed by atoms with Crippen molar-refractivity contribution >= 4 is 17.0 Å². The van der Waals surface area contributed by atoms with Crippen molar-refractivity contribution in [1.29, 1.82) is 0 Å². The first kappa shape index (κ1) is 17.1. The molecule has 3 rings (SSSR count). The van der Waals surface area contributed by atoms with Crippen molar-refractivity contribution in [2.24, 2.45) is 0 Å². The molecule has 0 bridgehead atoms. The maximum atomic E-state index is 13.2. The van der Waals surface area contributed by atoms with E-state index in [0.29, 0.717) is 35.3 Å². The minimum atomic E-state index is -0.277. The highest BCUT2D eigenvalue weighted by Gasteiger charge is 2.19. The van der Waals surface area contributed by atoms with Gasteiger partial charge in [-0.15, -0.1) is 0 Å². The van der Waals surface area contributed by atoms with Crippen molar-refractivity contribution in [3.05, 3.63) is 58.7 Å². The summed E-state index contributed by atoms with van der Waals surface area (Å²) >= 11 is 0. The second-order valence-corrected chi connectivity index (χ2v) is 6.33. The first-order valence-corrected chi connectivity index (χ1v) is 8.25. The van der Waals surface area contributed by atoms with Gasteiger partial charge in [0, 0.05) is 12.2 Å². The van der Waals surface area contributed by atoms with Gasteiger partial charge in [-0.25, -0.2) is 9.37 Å². The van der Waals surface area contributed by atoms with Gasteiger partial charge in [-0.05, 0) is 43.0 Å². The Kier molecular flexibility index (Phi) is 4.79. The number of benzene rings is 1. The van der Waals surface area contributed by atoms with E-state index in [1.165, 1.54) is 12.1 Å². The molecule has 0 fully saturated rings. The lowest BCUT2D eigenvalue weighted by Gasteiger charge is -2.10. The van der Waals surface area contributed by atoms with Gasteiger partial charge in [-0.3, -0.25) is 4.79 Å². The Morgan fingerprint density at radius 1 is 1.32 bits per heavy atom. The number of hydrogen-bond donors (Lipinski definition) is 1. The molecule has 5 nitrogen and oxygen atoms in total. The largest absolute Gasteiger partial charge is 0.352 e. The lowest BCUT2D eigenvalue weighted by atomic mass is 10.0. The summed E-state index contributed by atoms with van der Waals surface area (Å²) < 4.78 is 18.4. The summed E-state index contributed by atoms with van der Waals surface area (Å²) in [5.74, 6) is -0.327. The fraction of sp³-hybridized carbons (Fsp3) is 0.316. The maximum Gasteiger partial charge on any atom is 0.259 e. The number of halogens is 1. The molecule has 0 aliphatic heterocycles. The van der Waals surface area contributed by atoms with Gasteiger partial charge in [-0.1, -0.05) is 31.1 Å². The summed E-state index contributed by atoms with van der Waals surface area (Å²) in [5, 5.41) is 7.43. The number of nitrogens with zero attached hydrogens (tertiary/aromatic N) is 2. The molecule has 0 atom stereocenters. The average Bonchev–Trinajstić information content (AvgIpc) is 2.95. The molecule has 1 amide bonds. The molecule has 25 heavy (non-hydrogen) atoms. The van der Waals surface area contributed by atoms with Gasteiger partial charge in [0.2, 0.25) is 0 Å². The van der Waals surface area contributed by atoms with E-state index in [-0.39, 0.29) is 17.6 Å². The Bertz CT molecular complexity index is 918. The predicted octanol–water partition coefficient (Wildman–Crippen LogP) is 3.77. The van der Waals surface area contributed by atoms with E-state index >= 15 is 0 Å². The molecule has 1 aromatic carbocycles. The van der Waals surface area contributed by atoms with E-state index < -0.39 is 0 Å². The number of fused-ring (bicyclic) bond motifs is 1. The first-order valence-electron chi connectivity index (χ1n) is 8.25. The number of hydrogen-bond acceptors (Lipinski definition) is 4. The standard InChI is InChI=1S/C19H20FN3O2/c1-11(2)16-10-15(17-12(3)23-25-19(17)22-16)18(24)21-8-7-13-5-4-6-14(20)9-13/h4-6,9-11H,7-8H2,1-3H3,(H,21,24). The summed E-state index contributed by atoms with van der Waals surface area (Å²) in [6, 6.07) is 8.15. The van der Waals surface area contributed by atoms with Crippen LogP contribution >= 0.6 is 0 Å². The fourth-order valence-corrected chi connectivity index (χ4v) is 2.70. The van der Waals surface area contributed by atoms with Crippen LogP contribution in [0.15, 0.2) is 34.9 Å². The van der Waals surface area contributed by atoms with Gasteiger partial charge in [0.15, 0.2) is 0 Å². The van der Waals surface area contributed by atoms with Crippen LogP contribution in [0.2, 0.25) is 0 Å². The van der Waals surface area contributed by atoms with Crippen LogP contribution in [0.5, 0.6) is 0 Å². The molecule has 0 unspecified atom stereocenters. The van der Waals surface area contributed by atoms with Crippen LogP contribution in [0, 0.1) is 12.7 Å². The number of rotatable bonds is 5. The normalized spacial score (nSPS) is 11.2. The minimum absolute atomic E-state index is 0.161. The SMILES string of the molecule is Cc1noc2nc(C(C)C)cc(C(=O)NCCc3cccc(F)c3)c12. The van der Waals surface area contributed by atoms with E-state index in [2.05, 4.69) is 15.5 Å². The molecule has 3 aromatic rings. The number of carbonyl (C=O) groups is 1. The zero-order chi connectivity index (χ0) is 18.0. The van der Waals surface area contributed by atoms with Gasteiger partial charge in [0.25, 0.3) is 11.6 Å². The highest BCUT2D eigenvalue weighted by Crippen LogP contribution is 2.25. The topological polar surface area (TPSA) is 68.0 Å². The lowest BCUT2D eigenvalue weighted by molar-refractivity contribution is 0.0955. The van der Waals surface area contributed by atoms with E-state index in [4.69, 9.17) is 4.52 Å². The zero-order valence-corrected chi connectivity index (χ0v) is 14.5. The first-order chi connectivity index (χ1) is 12.0. The van der Waals surface area contributed by atoms with Crippen molar-refractivity contribution < 1.29 is 13.7 Å². The monoisotopic (exact) mass is 341 g/mol. The molecule has 6 heteroatoms. The highest BCUT2D eigenvalue weighted by molar-refractivity contribution is 6.06. The quantitative estimate of drug-likeness (QED) is 0.767. The van der Waals surface area contributed by atoms with Crippen LogP contribution in [0.1, 0.15) is 47.1 Å². The Morgan fingerprint density at radius 2 is 2.12 bits per heavy atom. The zero-order valence-electron chi connectivity index (χ0n) is 14.5. The Balaban J connectivity index is 1.80. The Hall–Kier alpha value is -2.76.